The molecule has 0 aliphatic heterocycles. The van der Waals surface area contributed by atoms with E-state index in [2.05, 4.69) is 5.32 Å². The van der Waals surface area contributed by atoms with Crippen LogP contribution in [0.2, 0.25) is 0 Å². The fraction of sp³-hybridized carbons (Fsp3) is 0.273. The zero-order chi connectivity index (χ0) is 12.8. The molecule has 0 aromatic heterocycles. The molecule has 0 aliphatic rings. The molecule has 0 spiro atoms. The maximum atomic E-state index is 13.1. The Morgan fingerprint density at radius 1 is 1.24 bits per heavy atom. The number of anilines is 1. The summed E-state index contributed by atoms with van der Waals surface area (Å²) in [5.41, 5.74) is -0.261. The number of carbonyl (C=O) groups excluding carboxylic acids is 2. The summed E-state index contributed by atoms with van der Waals surface area (Å²) in [7, 11) is 0. The molecule has 1 N–H and O–H groups in total. The number of hydrogen-bond donors (Lipinski definition) is 1. The number of aliphatic carboxylic acids is 1. The largest absolute Gasteiger partial charge is 0.550 e. The lowest BCUT2D eigenvalue weighted by Gasteiger charge is -2.06. The molecule has 0 radical (unpaired) electrons. The van der Waals surface area contributed by atoms with Crippen molar-refractivity contribution in [3.8, 4) is 0 Å². The summed E-state index contributed by atoms with van der Waals surface area (Å²) in [6.45, 7) is 0. The first-order valence-electron chi connectivity index (χ1n) is 4.94. The third-order valence-electron chi connectivity index (χ3n) is 1.99. The number of hydrogen-bond acceptors (Lipinski definition) is 3. The number of benzene rings is 1. The van der Waals surface area contributed by atoms with Crippen molar-refractivity contribution in [3.05, 3.63) is 29.8 Å². The molecule has 1 aromatic rings. The number of halogens is 2. The molecular weight excluding hydrogens is 232 g/mol. The third-order valence-corrected chi connectivity index (χ3v) is 1.99. The Morgan fingerprint density at radius 3 is 2.59 bits per heavy atom. The molecule has 0 heterocycles. The Labute approximate surface area is 96.3 Å². The molecule has 0 saturated heterocycles. The van der Waals surface area contributed by atoms with Crippen molar-refractivity contribution >= 4 is 17.6 Å². The lowest BCUT2D eigenvalue weighted by Crippen LogP contribution is -2.22. The van der Waals surface area contributed by atoms with Gasteiger partial charge in [-0.1, -0.05) is 0 Å². The van der Waals surface area contributed by atoms with Gasteiger partial charge in [0.2, 0.25) is 5.91 Å². The number of carboxylic acid groups (broad SMARTS) is 1. The second kappa shape index (κ2) is 5.93. The molecule has 0 saturated carbocycles. The zero-order valence-corrected chi connectivity index (χ0v) is 8.83. The monoisotopic (exact) mass is 242 g/mol. The van der Waals surface area contributed by atoms with Gasteiger partial charge in [0.15, 0.2) is 0 Å². The maximum absolute atomic E-state index is 13.1. The van der Waals surface area contributed by atoms with Gasteiger partial charge in [-0.25, -0.2) is 8.78 Å². The second-order valence-electron chi connectivity index (χ2n) is 3.40. The lowest BCUT2D eigenvalue weighted by atomic mass is 10.2. The van der Waals surface area contributed by atoms with E-state index >= 15 is 0 Å². The van der Waals surface area contributed by atoms with Crippen molar-refractivity contribution in [2.45, 2.75) is 19.3 Å². The normalized spacial score (nSPS) is 10.0. The molecule has 0 aliphatic carbocycles. The van der Waals surface area contributed by atoms with Crippen molar-refractivity contribution < 1.29 is 23.5 Å². The summed E-state index contributed by atoms with van der Waals surface area (Å²) in [5, 5.41) is 12.2. The minimum absolute atomic E-state index is 0.0884. The summed E-state index contributed by atoms with van der Waals surface area (Å²) >= 11 is 0. The van der Waals surface area contributed by atoms with Gasteiger partial charge < -0.3 is 15.2 Å². The van der Waals surface area contributed by atoms with E-state index < -0.39 is 23.5 Å². The fourth-order valence-corrected chi connectivity index (χ4v) is 1.20. The molecule has 92 valence electrons. The first-order valence-corrected chi connectivity index (χ1v) is 4.94. The molecule has 1 amide bonds. The van der Waals surface area contributed by atoms with E-state index in [0.717, 1.165) is 18.2 Å². The van der Waals surface area contributed by atoms with E-state index in [1.165, 1.54) is 0 Å². The zero-order valence-electron chi connectivity index (χ0n) is 8.83. The maximum Gasteiger partial charge on any atom is 0.224 e. The van der Waals surface area contributed by atoms with Crippen LogP contribution in [0.15, 0.2) is 18.2 Å². The Kier molecular flexibility index (Phi) is 4.56. The standard InChI is InChI=1S/C11H11F2NO3/c12-7-4-5-8(13)9(6-7)14-10(15)2-1-3-11(16)17/h4-6H,1-3H2,(H,14,15)(H,16,17)/p-1. The molecule has 0 bridgehead atoms. The SMILES string of the molecule is O=C([O-])CCCC(=O)Nc1cc(F)ccc1F. The van der Waals surface area contributed by atoms with Crippen LogP contribution in [-0.2, 0) is 9.59 Å². The predicted octanol–water partition coefficient (Wildman–Crippen LogP) is 0.823. The van der Waals surface area contributed by atoms with E-state index in [-0.39, 0.29) is 24.9 Å². The average Bonchev–Trinajstić information content (AvgIpc) is 2.23. The summed E-state index contributed by atoms with van der Waals surface area (Å²) in [6, 6.07) is 2.68. The van der Waals surface area contributed by atoms with Crippen LogP contribution in [0.25, 0.3) is 0 Å². The Balaban J connectivity index is 2.50. The third kappa shape index (κ3) is 4.58. The molecule has 1 rings (SSSR count). The molecule has 0 atom stereocenters. The first kappa shape index (κ1) is 13.1. The summed E-state index contributed by atoms with van der Waals surface area (Å²) in [4.78, 5) is 21.3. The van der Waals surface area contributed by atoms with E-state index in [9.17, 15) is 23.5 Å². The van der Waals surface area contributed by atoms with E-state index in [4.69, 9.17) is 0 Å². The van der Waals surface area contributed by atoms with Crippen molar-refractivity contribution in [2.24, 2.45) is 0 Å². The highest BCUT2D eigenvalue weighted by molar-refractivity contribution is 5.90. The van der Waals surface area contributed by atoms with Crippen LogP contribution in [0, 0.1) is 11.6 Å². The van der Waals surface area contributed by atoms with E-state index in [1.807, 2.05) is 0 Å². The smallest absolute Gasteiger partial charge is 0.224 e. The van der Waals surface area contributed by atoms with Crippen LogP contribution in [0.5, 0.6) is 0 Å². The predicted molar refractivity (Wildman–Crippen MR) is 53.8 cm³/mol. The van der Waals surface area contributed by atoms with E-state index in [1.54, 1.807) is 0 Å². The summed E-state index contributed by atoms with van der Waals surface area (Å²) in [5.74, 6) is -3.25. The van der Waals surface area contributed by atoms with Crippen LogP contribution in [0.3, 0.4) is 0 Å². The van der Waals surface area contributed by atoms with Crippen molar-refractivity contribution in [3.63, 3.8) is 0 Å². The Morgan fingerprint density at radius 2 is 1.94 bits per heavy atom. The molecule has 0 unspecified atom stereocenters. The van der Waals surface area contributed by atoms with Crippen LogP contribution >= 0.6 is 0 Å². The molecule has 1 aromatic carbocycles. The second-order valence-corrected chi connectivity index (χ2v) is 3.40. The molecule has 6 heteroatoms. The Bertz CT molecular complexity index is 435. The lowest BCUT2D eigenvalue weighted by molar-refractivity contribution is -0.305. The Hall–Kier alpha value is -1.98. The van der Waals surface area contributed by atoms with Crippen LogP contribution < -0.4 is 10.4 Å². The highest BCUT2D eigenvalue weighted by Gasteiger charge is 2.07. The fourth-order valence-electron chi connectivity index (χ4n) is 1.20. The van der Waals surface area contributed by atoms with Gasteiger partial charge in [-0.2, -0.15) is 0 Å². The van der Waals surface area contributed by atoms with Gasteiger partial charge >= 0.3 is 0 Å². The van der Waals surface area contributed by atoms with Crippen LogP contribution in [0.1, 0.15) is 19.3 Å². The molecule has 4 nitrogen and oxygen atoms in total. The van der Waals surface area contributed by atoms with Gasteiger partial charge in [0.25, 0.3) is 0 Å². The molecule has 0 fully saturated rings. The van der Waals surface area contributed by atoms with Gasteiger partial charge in [0, 0.05) is 18.5 Å². The van der Waals surface area contributed by atoms with Crippen LogP contribution in [-0.4, -0.2) is 11.9 Å². The average molecular weight is 242 g/mol. The van der Waals surface area contributed by atoms with Gasteiger partial charge in [0.05, 0.1) is 5.69 Å². The molecule has 17 heavy (non-hydrogen) atoms. The number of nitrogens with one attached hydrogen (secondary N) is 1. The van der Waals surface area contributed by atoms with Gasteiger partial charge in [0.1, 0.15) is 11.6 Å². The number of amides is 1. The first-order chi connectivity index (χ1) is 7.99. The summed E-state index contributed by atoms with van der Waals surface area (Å²) < 4.78 is 25.8. The highest BCUT2D eigenvalue weighted by atomic mass is 19.1. The van der Waals surface area contributed by atoms with Crippen molar-refractivity contribution in [2.75, 3.05) is 5.32 Å². The van der Waals surface area contributed by atoms with Gasteiger partial charge in [-0.15, -0.1) is 0 Å². The number of carbonyl (C=O) groups is 2. The minimum Gasteiger partial charge on any atom is -0.550 e. The van der Waals surface area contributed by atoms with Crippen molar-refractivity contribution in [1.29, 1.82) is 0 Å². The van der Waals surface area contributed by atoms with Crippen LogP contribution in [0.4, 0.5) is 14.5 Å². The molecular formula is C11H10F2NO3-. The topological polar surface area (TPSA) is 69.2 Å². The minimum atomic E-state index is -1.25. The van der Waals surface area contributed by atoms with Gasteiger partial charge in [-0.3, -0.25) is 4.79 Å². The summed E-state index contributed by atoms with van der Waals surface area (Å²) in [6.07, 6.45) is -0.256. The highest BCUT2D eigenvalue weighted by Crippen LogP contribution is 2.15. The number of rotatable bonds is 5. The van der Waals surface area contributed by atoms with Gasteiger partial charge in [-0.05, 0) is 25.0 Å². The van der Waals surface area contributed by atoms with Crippen molar-refractivity contribution in [1.82, 2.24) is 0 Å². The quantitative estimate of drug-likeness (QED) is 0.831. The van der Waals surface area contributed by atoms with E-state index in [0.29, 0.717) is 0 Å². The number of carboxylic acids is 1.